The van der Waals surface area contributed by atoms with Crippen molar-refractivity contribution < 1.29 is 0 Å². The minimum atomic E-state index is 0.460. The maximum Gasteiger partial charge on any atom is 0.164 e. The zero-order chi connectivity index (χ0) is 11.5. The van der Waals surface area contributed by atoms with Crippen molar-refractivity contribution in [1.82, 2.24) is 25.1 Å². The number of rotatable bonds is 2. The van der Waals surface area contributed by atoms with E-state index < -0.39 is 0 Å². The molecule has 0 aromatic carbocycles. The molecule has 0 bridgehead atoms. The number of nitrogens with zero attached hydrogens (tertiary/aromatic N) is 4. The third-order valence-electron chi connectivity index (χ3n) is 3.18. The Labute approximate surface area is 99.9 Å². The van der Waals surface area contributed by atoms with E-state index in [-0.39, 0.29) is 0 Å². The van der Waals surface area contributed by atoms with Crippen LogP contribution in [0.5, 0.6) is 0 Å². The van der Waals surface area contributed by atoms with Crippen molar-refractivity contribution in [2.75, 3.05) is 13.1 Å². The summed E-state index contributed by atoms with van der Waals surface area (Å²) in [6.45, 7) is 2.11. The molecule has 17 heavy (non-hydrogen) atoms. The lowest BCUT2D eigenvalue weighted by Gasteiger charge is -2.24. The van der Waals surface area contributed by atoms with Gasteiger partial charge in [0, 0.05) is 30.5 Å². The van der Waals surface area contributed by atoms with Crippen molar-refractivity contribution in [1.29, 1.82) is 0 Å². The maximum absolute atomic E-state index is 4.22. The van der Waals surface area contributed by atoms with Crippen LogP contribution in [0.15, 0.2) is 30.9 Å². The van der Waals surface area contributed by atoms with Gasteiger partial charge in [-0.25, -0.2) is 0 Å². The van der Waals surface area contributed by atoms with Crippen LogP contribution >= 0.6 is 0 Å². The molecule has 0 radical (unpaired) electrons. The lowest BCUT2D eigenvalue weighted by Crippen LogP contribution is -2.31. The number of hydrogen-bond donors (Lipinski definition) is 1. The van der Waals surface area contributed by atoms with E-state index in [1.165, 1.54) is 12.8 Å². The monoisotopic (exact) mass is 229 g/mol. The van der Waals surface area contributed by atoms with Crippen molar-refractivity contribution in [3.63, 3.8) is 0 Å². The quantitative estimate of drug-likeness (QED) is 0.842. The second-order valence-electron chi connectivity index (χ2n) is 4.30. The van der Waals surface area contributed by atoms with Crippen LogP contribution in [0.4, 0.5) is 0 Å². The van der Waals surface area contributed by atoms with Gasteiger partial charge in [0.25, 0.3) is 0 Å². The largest absolute Gasteiger partial charge is 0.315 e. The predicted octanol–water partition coefficient (Wildman–Crippen LogP) is 1.26. The van der Waals surface area contributed by atoms with E-state index in [4.69, 9.17) is 0 Å². The fourth-order valence-corrected chi connectivity index (χ4v) is 2.29. The number of piperidine rings is 1. The van der Waals surface area contributed by atoms with Crippen molar-refractivity contribution in [2.45, 2.75) is 18.9 Å². The van der Waals surface area contributed by atoms with Gasteiger partial charge in [-0.15, -0.1) is 10.2 Å². The van der Waals surface area contributed by atoms with Crippen LogP contribution in [0, 0.1) is 0 Å². The second kappa shape index (κ2) is 4.63. The zero-order valence-electron chi connectivity index (χ0n) is 9.58. The first kappa shape index (κ1) is 10.4. The molecule has 1 aliphatic heterocycles. The average molecular weight is 229 g/mol. The minimum absolute atomic E-state index is 0.460. The van der Waals surface area contributed by atoms with E-state index in [2.05, 4.69) is 25.1 Å². The van der Waals surface area contributed by atoms with Crippen molar-refractivity contribution in [2.24, 2.45) is 0 Å². The Morgan fingerprint density at radius 1 is 1.29 bits per heavy atom. The fourth-order valence-electron chi connectivity index (χ4n) is 2.29. The molecule has 0 aliphatic carbocycles. The van der Waals surface area contributed by atoms with Crippen molar-refractivity contribution in [3.05, 3.63) is 30.9 Å². The Morgan fingerprint density at radius 3 is 2.94 bits per heavy atom. The van der Waals surface area contributed by atoms with Crippen LogP contribution in [0.25, 0.3) is 11.4 Å². The van der Waals surface area contributed by atoms with Crippen molar-refractivity contribution in [3.8, 4) is 11.4 Å². The van der Waals surface area contributed by atoms with E-state index >= 15 is 0 Å². The van der Waals surface area contributed by atoms with Crippen LogP contribution in [0.2, 0.25) is 0 Å². The number of pyridine rings is 1. The highest BCUT2D eigenvalue weighted by Gasteiger charge is 2.18. The third-order valence-corrected chi connectivity index (χ3v) is 3.18. The highest BCUT2D eigenvalue weighted by molar-refractivity contribution is 5.53. The van der Waals surface area contributed by atoms with Gasteiger partial charge in [-0.05, 0) is 31.5 Å². The molecule has 0 spiro atoms. The summed E-state index contributed by atoms with van der Waals surface area (Å²) in [6.07, 6.45) is 7.79. The summed E-state index contributed by atoms with van der Waals surface area (Å²) < 4.78 is 2.17. The first-order valence-electron chi connectivity index (χ1n) is 5.96. The summed E-state index contributed by atoms with van der Waals surface area (Å²) in [5.41, 5.74) is 1.07. The molecule has 1 unspecified atom stereocenters. The molecular formula is C12H15N5. The van der Waals surface area contributed by atoms with Crippen LogP contribution < -0.4 is 5.32 Å². The van der Waals surface area contributed by atoms with Crippen molar-refractivity contribution >= 4 is 0 Å². The topological polar surface area (TPSA) is 55.6 Å². The molecule has 3 heterocycles. The van der Waals surface area contributed by atoms with Gasteiger partial charge in [-0.1, -0.05) is 0 Å². The number of hydrogen-bond acceptors (Lipinski definition) is 4. The molecule has 2 aromatic heterocycles. The highest BCUT2D eigenvalue weighted by atomic mass is 15.3. The van der Waals surface area contributed by atoms with E-state index in [0.29, 0.717) is 6.04 Å². The summed E-state index contributed by atoms with van der Waals surface area (Å²) in [6, 6.07) is 4.40. The first-order chi connectivity index (χ1) is 8.45. The lowest BCUT2D eigenvalue weighted by molar-refractivity contribution is 0.373. The third kappa shape index (κ3) is 2.06. The molecular weight excluding hydrogens is 214 g/mol. The molecule has 1 atom stereocenters. The molecule has 1 aliphatic rings. The molecule has 1 saturated heterocycles. The lowest BCUT2D eigenvalue weighted by atomic mass is 10.1. The molecule has 1 N–H and O–H groups in total. The zero-order valence-corrected chi connectivity index (χ0v) is 9.58. The smallest absolute Gasteiger partial charge is 0.164 e. The summed E-state index contributed by atoms with van der Waals surface area (Å²) in [5, 5.41) is 11.7. The summed E-state index contributed by atoms with van der Waals surface area (Å²) in [5.74, 6) is 0.932. The number of aromatic nitrogens is 4. The van der Waals surface area contributed by atoms with Gasteiger partial charge in [0.2, 0.25) is 0 Å². The van der Waals surface area contributed by atoms with E-state index in [1.54, 1.807) is 12.4 Å². The van der Waals surface area contributed by atoms with Gasteiger partial charge >= 0.3 is 0 Å². The van der Waals surface area contributed by atoms with Crippen LogP contribution in [-0.2, 0) is 0 Å². The SMILES string of the molecule is c1cc(-c2nncn2C2CCCNC2)ccn1. The van der Waals surface area contributed by atoms with Gasteiger partial charge < -0.3 is 9.88 Å². The highest BCUT2D eigenvalue weighted by Crippen LogP contribution is 2.23. The Morgan fingerprint density at radius 2 is 2.18 bits per heavy atom. The fraction of sp³-hybridized carbons (Fsp3) is 0.417. The van der Waals surface area contributed by atoms with E-state index in [9.17, 15) is 0 Å². The average Bonchev–Trinajstić information content (AvgIpc) is 2.90. The second-order valence-corrected chi connectivity index (χ2v) is 4.30. The Kier molecular flexibility index (Phi) is 2.83. The van der Waals surface area contributed by atoms with Gasteiger partial charge in [0.15, 0.2) is 5.82 Å². The molecule has 0 saturated carbocycles. The minimum Gasteiger partial charge on any atom is -0.315 e. The van der Waals surface area contributed by atoms with E-state index in [1.807, 2.05) is 18.5 Å². The summed E-state index contributed by atoms with van der Waals surface area (Å²) in [7, 11) is 0. The predicted molar refractivity (Wildman–Crippen MR) is 64.4 cm³/mol. The summed E-state index contributed by atoms with van der Waals surface area (Å²) >= 11 is 0. The van der Waals surface area contributed by atoms with Gasteiger partial charge in [0.05, 0.1) is 0 Å². The molecule has 5 heteroatoms. The van der Waals surface area contributed by atoms with Gasteiger partial charge in [0.1, 0.15) is 6.33 Å². The van der Waals surface area contributed by atoms with Crippen LogP contribution in [0.1, 0.15) is 18.9 Å². The standard InChI is InChI=1S/C12H15N5/c1-2-11(8-14-5-1)17-9-15-16-12(17)10-3-6-13-7-4-10/h3-4,6-7,9,11,14H,1-2,5,8H2. The van der Waals surface area contributed by atoms with Gasteiger partial charge in [-0.2, -0.15) is 0 Å². The van der Waals surface area contributed by atoms with Crippen LogP contribution in [-0.4, -0.2) is 32.8 Å². The molecule has 2 aromatic rings. The number of nitrogens with one attached hydrogen (secondary N) is 1. The molecule has 88 valence electrons. The Bertz CT molecular complexity index is 473. The van der Waals surface area contributed by atoms with Gasteiger partial charge in [-0.3, -0.25) is 4.98 Å². The Hall–Kier alpha value is -1.75. The first-order valence-corrected chi connectivity index (χ1v) is 5.96. The normalized spacial score (nSPS) is 20.4. The maximum atomic E-state index is 4.22. The summed E-state index contributed by atoms with van der Waals surface area (Å²) in [4.78, 5) is 4.03. The molecule has 3 rings (SSSR count). The van der Waals surface area contributed by atoms with E-state index in [0.717, 1.165) is 24.5 Å². The molecule has 5 nitrogen and oxygen atoms in total. The Balaban J connectivity index is 1.93. The molecule has 1 fully saturated rings. The van der Waals surface area contributed by atoms with Crippen LogP contribution in [0.3, 0.4) is 0 Å². The molecule has 0 amide bonds.